The van der Waals surface area contributed by atoms with Gasteiger partial charge in [0.1, 0.15) is 5.75 Å². The monoisotopic (exact) mass is 460 g/mol. The Kier molecular flexibility index (Phi) is 8.38. The second kappa shape index (κ2) is 11.6. The minimum Gasteiger partial charge on any atom is -0.497 e. The van der Waals surface area contributed by atoms with Gasteiger partial charge in [-0.1, -0.05) is 86.1 Å². The van der Waals surface area contributed by atoms with Gasteiger partial charge in [0.15, 0.2) is 0 Å². The average molecular weight is 461 g/mol. The summed E-state index contributed by atoms with van der Waals surface area (Å²) in [5, 5.41) is 2.40. The smallest absolute Gasteiger partial charge is 0.407 e. The number of ether oxygens (including phenoxy) is 1. The summed E-state index contributed by atoms with van der Waals surface area (Å²) in [5.74, 6) is 1.50. The Morgan fingerprint density at radius 2 is 1.33 bits per heavy atom. The molecule has 0 saturated heterocycles. The van der Waals surface area contributed by atoms with Gasteiger partial charge in [0, 0.05) is 12.7 Å². The van der Waals surface area contributed by atoms with Crippen LogP contribution in [0.4, 0.5) is 0 Å². The van der Waals surface area contributed by atoms with E-state index in [1.54, 1.807) is 7.11 Å². The van der Waals surface area contributed by atoms with Crippen LogP contribution in [0.25, 0.3) is 0 Å². The molecule has 0 aliphatic heterocycles. The lowest BCUT2D eigenvalue weighted by Gasteiger charge is -2.38. The van der Waals surface area contributed by atoms with Crippen LogP contribution in [0.5, 0.6) is 5.75 Å². The SMILES string of the molecule is CCCCO[Si](OC1CCC(c2ccc(OC)cc2)CC1)(c1ccccc1)c1ccccc1. The third-order valence-electron chi connectivity index (χ3n) is 6.70. The number of unbranched alkanes of at least 4 members (excludes halogenated alkanes) is 1. The van der Waals surface area contributed by atoms with Crippen molar-refractivity contribution in [1.82, 2.24) is 0 Å². The zero-order chi connectivity index (χ0) is 22.9. The molecule has 1 aliphatic rings. The zero-order valence-corrected chi connectivity index (χ0v) is 20.9. The first kappa shape index (κ1) is 23.7. The first-order valence-corrected chi connectivity index (χ1v) is 14.1. The summed E-state index contributed by atoms with van der Waals surface area (Å²) in [7, 11) is -1.08. The fourth-order valence-electron chi connectivity index (χ4n) is 4.80. The van der Waals surface area contributed by atoms with E-state index in [4.69, 9.17) is 13.6 Å². The topological polar surface area (TPSA) is 27.7 Å². The van der Waals surface area contributed by atoms with Crippen molar-refractivity contribution in [2.75, 3.05) is 13.7 Å². The highest BCUT2D eigenvalue weighted by Gasteiger charge is 2.45. The molecule has 0 radical (unpaired) electrons. The minimum atomic E-state index is -2.80. The van der Waals surface area contributed by atoms with Gasteiger partial charge >= 0.3 is 8.56 Å². The molecule has 0 N–H and O–H groups in total. The molecule has 33 heavy (non-hydrogen) atoms. The molecule has 0 amide bonds. The van der Waals surface area contributed by atoms with Crippen LogP contribution in [0.1, 0.15) is 56.9 Å². The van der Waals surface area contributed by atoms with Crippen molar-refractivity contribution in [3.63, 3.8) is 0 Å². The van der Waals surface area contributed by atoms with Crippen LogP contribution in [-0.4, -0.2) is 28.4 Å². The Morgan fingerprint density at radius 1 is 0.758 bits per heavy atom. The molecule has 4 rings (SSSR count). The lowest BCUT2D eigenvalue weighted by atomic mass is 9.83. The van der Waals surface area contributed by atoms with E-state index in [1.165, 1.54) is 15.9 Å². The van der Waals surface area contributed by atoms with E-state index < -0.39 is 8.56 Å². The molecule has 1 aliphatic carbocycles. The summed E-state index contributed by atoms with van der Waals surface area (Å²) < 4.78 is 19.2. The lowest BCUT2D eigenvalue weighted by Crippen LogP contribution is -2.65. The molecular formula is C29H36O3Si. The van der Waals surface area contributed by atoms with Gasteiger partial charge in [-0.15, -0.1) is 0 Å². The number of rotatable bonds is 10. The predicted octanol–water partition coefficient (Wildman–Crippen LogP) is 5.81. The number of methoxy groups -OCH3 is 1. The van der Waals surface area contributed by atoms with E-state index in [-0.39, 0.29) is 6.10 Å². The number of hydrogen-bond acceptors (Lipinski definition) is 3. The highest BCUT2D eigenvalue weighted by molar-refractivity contribution is 6.92. The molecule has 1 fully saturated rings. The second-order valence-corrected chi connectivity index (χ2v) is 11.8. The van der Waals surface area contributed by atoms with Crippen LogP contribution < -0.4 is 15.1 Å². The van der Waals surface area contributed by atoms with Crippen LogP contribution in [0.3, 0.4) is 0 Å². The van der Waals surface area contributed by atoms with Crippen molar-refractivity contribution in [1.29, 1.82) is 0 Å². The minimum absolute atomic E-state index is 0.216. The summed E-state index contributed by atoms with van der Waals surface area (Å²) in [5.41, 5.74) is 1.41. The van der Waals surface area contributed by atoms with Gasteiger partial charge in [-0.25, -0.2) is 0 Å². The first-order valence-electron chi connectivity index (χ1n) is 12.3. The van der Waals surface area contributed by atoms with Crippen molar-refractivity contribution in [2.45, 2.75) is 57.5 Å². The van der Waals surface area contributed by atoms with E-state index in [9.17, 15) is 0 Å². The van der Waals surface area contributed by atoms with Gasteiger partial charge in [0.2, 0.25) is 0 Å². The van der Waals surface area contributed by atoms with Crippen LogP contribution in [0.15, 0.2) is 84.9 Å². The molecule has 4 heteroatoms. The molecule has 0 bridgehead atoms. The number of hydrogen-bond donors (Lipinski definition) is 0. The predicted molar refractivity (Wildman–Crippen MR) is 138 cm³/mol. The van der Waals surface area contributed by atoms with Gasteiger partial charge in [0.05, 0.1) is 7.11 Å². The summed E-state index contributed by atoms with van der Waals surface area (Å²) in [6.45, 7) is 2.94. The Morgan fingerprint density at radius 3 is 1.85 bits per heavy atom. The molecule has 3 aromatic rings. The molecule has 3 aromatic carbocycles. The van der Waals surface area contributed by atoms with Crippen molar-refractivity contribution >= 4 is 18.9 Å². The second-order valence-electron chi connectivity index (χ2n) is 8.92. The standard InChI is InChI=1S/C29H36O3Si/c1-3-4-23-31-33(28-11-7-5-8-12-28,29-13-9-6-10-14-29)32-27-21-17-25(18-22-27)24-15-19-26(30-2)20-16-24/h5-16,19-20,25,27H,3-4,17-18,21-23H2,1-2H3. The van der Waals surface area contributed by atoms with Gasteiger partial charge in [0.25, 0.3) is 0 Å². The maximum atomic E-state index is 7.12. The van der Waals surface area contributed by atoms with Gasteiger partial charge in [-0.3, -0.25) is 0 Å². The summed E-state index contributed by atoms with van der Waals surface area (Å²) in [4.78, 5) is 0. The molecule has 0 spiro atoms. The normalized spacial score (nSPS) is 18.7. The average Bonchev–Trinajstić information content (AvgIpc) is 2.90. The summed E-state index contributed by atoms with van der Waals surface area (Å²) >= 11 is 0. The molecule has 0 unspecified atom stereocenters. The van der Waals surface area contributed by atoms with Crippen LogP contribution in [-0.2, 0) is 8.85 Å². The summed E-state index contributed by atoms with van der Waals surface area (Å²) in [6, 6.07) is 29.9. The van der Waals surface area contributed by atoms with E-state index in [2.05, 4.69) is 91.9 Å². The van der Waals surface area contributed by atoms with Crippen LogP contribution >= 0.6 is 0 Å². The largest absolute Gasteiger partial charge is 0.497 e. The third-order valence-corrected chi connectivity index (χ3v) is 10.2. The van der Waals surface area contributed by atoms with Crippen molar-refractivity contribution in [3.8, 4) is 5.75 Å². The quantitative estimate of drug-likeness (QED) is 0.282. The molecule has 3 nitrogen and oxygen atoms in total. The van der Waals surface area contributed by atoms with Gasteiger partial charge in [-0.2, -0.15) is 0 Å². The number of benzene rings is 3. The zero-order valence-electron chi connectivity index (χ0n) is 19.9. The van der Waals surface area contributed by atoms with E-state index >= 15 is 0 Å². The fourth-order valence-corrected chi connectivity index (χ4v) is 8.21. The van der Waals surface area contributed by atoms with Gasteiger partial charge in [-0.05, 0) is 66.1 Å². The maximum absolute atomic E-state index is 7.12. The molecular weight excluding hydrogens is 424 g/mol. The Bertz CT molecular complexity index is 912. The van der Waals surface area contributed by atoms with Crippen LogP contribution in [0.2, 0.25) is 0 Å². The highest BCUT2D eigenvalue weighted by Crippen LogP contribution is 2.35. The Hall–Kier alpha value is -2.40. The van der Waals surface area contributed by atoms with Crippen molar-refractivity contribution in [3.05, 3.63) is 90.5 Å². The van der Waals surface area contributed by atoms with Crippen molar-refractivity contribution in [2.24, 2.45) is 0 Å². The van der Waals surface area contributed by atoms with E-state index in [0.717, 1.165) is 50.9 Å². The van der Waals surface area contributed by atoms with E-state index in [0.29, 0.717) is 5.92 Å². The van der Waals surface area contributed by atoms with Crippen LogP contribution in [0, 0.1) is 0 Å². The first-order chi connectivity index (χ1) is 16.2. The molecule has 0 heterocycles. The summed E-state index contributed by atoms with van der Waals surface area (Å²) in [6.07, 6.45) is 6.77. The fraction of sp³-hybridized carbons (Fsp3) is 0.379. The highest BCUT2D eigenvalue weighted by atomic mass is 28.4. The molecule has 174 valence electrons. The van der Waals surface area contributed by atoms with Crippen molar-refractivity contribution < 1.29 is 13.6 Å². The molecule has 0 atom stereocenters. The molecule has 0 aromatic heterocycles. The third kappa shape index (κ3) is 5.75. The maximum Gasteiger partial charge on any atom is 0.407 e. The van der Waals surface area contributed by atoms with Gasteiger partial charge < -0.3 is 13.6 Å². The Balaban J connectivity index is 1.55. The van der Waals surface area contributed by atoms with E-state index in [1.807, 2.05) is 0 Å². The Labute approximate surface area is 200 Å². The lowest BCUT2D eigenvalue weighted by molar-refractivity contribution is 0.0959. The molecule has 1 saturated carbocycles.